The molecule has 1 atom stereocenters. The van der Waals surface area contributed by atoms with Gasteiger partial charge in [-0.3, -0.25) is 19.8 Å². The van der Waals surface area contributed by atoms with Gasteiger partial charge in [0, 0.05) is 49.2 Å². The minimum Gasteiger partial charge on any atom is -0.322 e. The molecule has 1 aliphatic carbocycles. The van der Waals surface area contributed by atoms with Crippen molar-refractivity contribution in [1.29, 1.82) is 0 Å². The van der Waals surface area contributed by atoms with E-state index in [0.717, 1.165) is 44.6 Å². The van der Waals surface area contributed by atoms with E-state index in [1.165, 1.54) is 6.08 Å². The smallest absolute Gasteiger partial charge is 0.276 e. The first-order valence-corrected chi connectivity index (χ1v) is 8.91. The predicted octanol–water partition coefficient (Wildman–Crippen LogP) is 0.197. The third-order valence-electron chi connectivity index (χ3n) is 5.10. The molecule has 3 rings (SSSR count). The Kier molecular flexibility index (Phi) is 5.49. The third kappa shape index (κ3) is 3.54. The van der Waals surface area contributed by atoms with Gasteiger partial charge >= 0.3 is 0 Å². The van der Waals surface area contributed by atoms with Crippen LogP contribution in [0, 0.1) is 10.1 Å². The molecule has 1 saturated heterocycles. The molecular formula is C19H24N4O3. The van der Waals surface area contributed by atoms with Crippen molar-refractivity contribution in [3.8, 4) is 0 Å². The summed E-state index contributed by atoms with van der Waals surface area (Å²) in [7, 11) is 0. The Morgan fingerprint density at radius 1 is 1.42 bits per heavy atom. The second-order valence-corrected chi connectivity index (χ2v) is 6.56. The van der Waals surface area contributed by atoms with Crippen molar-refractivity contribution < 1.29 is 4.92 Å². The van der Waals surface area contributed by atoms with E-state index in [9.17, 15) is 14.9 Å². The molecule has 7 nitrogen and oxygen atoms in total. The largest absolute Gasteiger partial charge is 0.322 e. The maximum absolute atomic E-state index is 12.5. The Labute approximate surface area is 151 Å². The van der Waals surface area contributed by atoms with E-state index < -0.39 is 4.92 Å². The second kappa shape index (κ2) is 7.80. The number of aromatic amines is 1. The normalized spacial score (nSPS) is 22.9. The summed E-state index contributed by atoms with van der Waals surface area (Å²) in [5, 5.41) is 15.3. The van der Waals surface area contributed by atoms with Crippen molar-refractivity contribution in [1.82, 2.24) is 15.2 Å². The first-order chi connectivity index (χ1) is 12.5. The van der Waals surface area contributed by atoms with E-state index >= 15 is 0 Å². The molecule has 0 amide bonds. The van der Waals surface area contributed by atoms with Gasteiger partial charge in [0.15, 0.2) is 0 Å². The molecule has 0 saturated carbocycles. The zero-order valence-electron chi connectivity index (χ0n) is 15.0. The Balaban J connectivity index is 2.07. The van der Waals surface area contributed by atoms with Crippen LogP contribution >= 0.6 is 0 Å². The van der Waals surface area contributed by atoms with Crippen molar-refractivity contribution in [3.63, 3.8) is 0 Å². The highest BCUT2D eigenvalue weighted by Gasteiger charge is 2.24. The molecule has 1 fully saturated rings. The lowest BCUT2D eigenvalue weighted by atomic mass is 10.1. The van der Waals surface area contributed by atoms with Crippen LogP contribution in [0.2, 0.25) is 0 Å². The summed E-state index contributed by atoms with van der Waals surface area (Å²) in [5.74, 6) is 0. The van der Waals surface area contributed by atoms with Crippen molar-refractivity contribution in [2.24, 2.45) is 0 Å². The average Bonchev–Trinajstić information content (AvgIpc) is 3.13. The number of aromatic nitrogens is 1. The van der Waals surface area contributed by atoms with Gasteiger partial charge in [0.25, 0.3) is 11.3 Å². The zero-order chi connectivity index (χ0) is 18.7. The van der Waals surface area contributed by atoms with E-state index in [4.69, 9.17) is 0 Å². The monoisotopic (exact) mass is 356 g/mol. The number of pyridine rings is 1. The van der Waals surface area contributed by atoms with E-state index in [0.29, 0.717) is 22.2 Å². The van der Waals surface area contributed by atoms with Gasteiger partial charge in [-0.05, 0) is 31.4 Å². The topological polar surface area (TPSA) is 91.3 Å². The highest BCUT2D eigenvalue weighted by atomic mass is 16.6. The molecule has 26 heavy (non-hydrogen) atoms. The summed E-state index contributed by atoms with van der Waals surface area (Å²) in [6.07, 6.45) is 6.83. The van der Waals surface area contributed by atoms with Crippen molar-refractivity contribution >= 4 is 17.3 Å². The van der Waals surface area contributed by atoms with Crippen LogP contribution in [0.3, 0.4) is 0 Å². The summed E-state index contributed by atoms with van der Waals surface area (Å²) in [6, 6.07) is 2.07. The van der Waals surface area contributed by atoms with Crippen LogP contribution in [0.4, 0.5) is 0 Å². The summed E-state index contributed by atoms with van der Waals surface area (Å²) >= 11 is 0. The number of nitrogens with one attached hydrogen (secondary N) is 2. The summed E-state index contributed by atoms with van der Waals surface area (Å²) in [4.78, 5) is 28.7. The molecule has 2 heterocycles. The molecule has 2 aliphatic rings. The fourth-order valence-electron chi connectivity index (χ4n) is 3.75. The third-order valence-corrected chi connectivity index (χ3v) is 5.10. The Hall–Kier alpha value is -2.51. The van der Waals surface area contributed by atoms with Crippen molar-refractivity contribution in [3.05, 3.63) is 61.4 Å². The number of nitro groups is 1. The number of piperazine rings is 1. The molecule has 7 heteroatoms. The molecule has 0 spiro atoms. The van der Waals surface area contributed by atoms with Crippen LogP contribution in [0.15, 0.2) is 29.6 Å². The summed E-state index contributed by atoms with van der Waals surface area (Å²) < 4.78 is 0. The number of allylic oxidation sites excluding steroid dienone is 1. The number of nitrogens with zero attached hydrogens (tertiary/aromatic N) is 2. The van der Waals surface area contributed by atoms with Gasteiger partial charge in [-0.2, -0.15) is 0 Å². The van der Waals surface area contributed by atoms with Crippen LogP contribution in [0.25, 0.3) is 17.3 Å². The lowest BCUT2D eigenvalue weighted by Gasteiger charge is -2.31. The minimum atomic E-state index is -0.495. The maximum atomic E-state index is 12.5. The molecule has 138 valence electrons. The van der Waals surface area contributed by atoms with Crippen LogP contribution in [0.1, 0.15) is 25.5 Å². The highest BCUT2D eigenvalue weighted by molar-refractivity contribution is 5.66. The van der Waals surface area contributed by atoms with E-state index in [2.05, 4.69) is 27.9 Å². The first kappa shape index (κ1) is 18.3. The average molecular weight is 356 g/mol. The zero-order valence-corrected chi connectivity index (χ0v) is 15.0. The predicted molar refractivity (Wildman–Crippen MR) is 102 cm³/mol. The van der Waals surface area contributed by atoms with Gasteiger partial charge in [0.1, 0.15) is 0 Å². The van der Waals surface area contributed by atoms with Crippen LogP contribution < -0.4 is 21.3 Å². The lowest BCUT2D eigenvalue weighted by Crippen LogP contribution is -2.47. The van der Waals surface area contributed by atoms with Gasteiger partial charge in [-0.1, -0.05) is 18.7 Å². The summed E-state index contributed by atoms with van der Waals surface area (Å²) in [5.41, 5.74) is 1.24. The Bertz CT molecular complexity index is 923. The fourth-order valence-corrected chi connectivity index (χ4v) is 3.75. The van der Waals surface area contributed by atoms with Gasteiger partial charge in [0.2, 0.25) is 0 Å². The minimum absolute atomic E-state index is 0.150. The maximum Gasteiger partial charge on any atom is 0.276 e. The van der Waals surface area contributed by atoms with E-state index in [1.54, 1.807) is 19.1 Å². The molecule has 1 aliphatic heterocycles. The highest BCUT2D eigenvalue weighted by Crippen LogP contribution is 2.28. The molecule has 1 aromatic rings. The molecule has 2 N–H and O–H groups in total. The SMILES string of the molecule is C=C/C(=c1/cc(C2=CC(N3CCNCC3)CC2)[nH]c(=O)/c1=C/C)[N+](=O)[O-]. The molecule has 0 aromatic carbocycles. The van der Waals surface area contributed by atoms with Gasteiger partial charge in [-0.25, -0.2) is 0 Å². The van der Waals surface area contributed by atoms with E-state index in [-0.39, 0.29) is 11.3 Å². The Morgan fingerprint density at radius 2 is 2.15 bits per heavy atom. The van der Waals surface area contributed by atoms with Crippen LogP contribution in [0.5, 0.6) is 0 Å². The number of H-pyrrole nitrogens is 1. The van der Waals surface area contributed by atoms with Gasteiger partial charge < -0.3 is 10.3 Å². The molecule has 0 bridgehead atoms. The van der Waals surface area contributed by atoms with Gasteiger partial charge in [0.05, 0.1) is 10.1 Å². The quantitative estimate of drug-likeness (QED) is 0.594. The summed E-state index contributed by atoms with van der Waals surface area (Å²) in [6.45, 7) is 9.23. The van der Waals surface area contributed by atoms with Gasteiger partial charge in [-0.15, -0.1) is 0 Å². The molecule has 0 radical (unpaired) electrons. The van der Waals surface area contributed by atoms with Crippen molar-refractivity contribution in [2.75, 3.05) is 26.2 Å². The van der Waals surface area contributed by atoms with E-state index in [1.807, 2.05) is 0 Å². The number of rotatable bonds is 4. The Morgan fingerprint density at radius 3 is 2.77 bits per heavy atom. The van der Waals surface area contributed by atoms with Crippen LogP contribution in [-0.4, -0.2) is 47.0 Å². The second-order valence-electron chi connectivity index (χ2n) is 6.56. The molecular weight excluding hydrogens is 332 g/mol. The fraction of sp³-hybridized carbons (Fsp3) is 0.421. The molecule has 1 unspecified atom stereocenters. The van der Waals surface area contributed by atoms with Crippen molar-refractivity contribution in [2.45, 2.75) is 25.8 Å². The lowest BCUT2D eigenvalue weighted by molar-refractivity contribution is -0.375. The number of hydrogen-bond acceptors (Lipinski definition) is 5. The van der Waals surface area contributed by atoms with Crippen LogP contribution in [-0.2, 0) is 0 Å². The molecule has 1 aromatic heterocycles. The number of hydrogen-bond donors (Lipinski definition) is 2. The standard InChI is InChI=1S/C19H24N4O3/c1-3-15-16(18(4-2)23(25)26)12-17(21-19(15)24)13-5-6-14(11-13)22-9-7-20-8-10-22/h3-4,11-12,14,20H,2,5-10H2,1H3,(H,21,24)/b15-3+,18-16+. The first-order valence-electron chi connectivity index (χ1n) is 8.91.